The molecule has 2 rings (SSSR count). The SMILES string of the molecule is CC(C)COc1ccccc1CNC(=O)C1CCCNC1.Cl. The second kappa shape index (κ2) is 9.70. The summed E-state index contributed by atoms with van der Waals surface area (Å²) in [6.07, 6.45) is 2.05. The predicted octanol–water partition coefficient (Wildman–Crippen LogP) is 2.76. The van der Waals surface area contributed by atoms with Crippen LogP contribution in [-0.4, -0.2) is 25.6 Å². The first-order valence-electron chi connectivity index (χ1n) is 7.86. The van der Waals surface area contributed by atoms with Gasteiger partial charge in [0.2, 0.25) is 5.91 Å². The predicted molar refractivity (Wildman–Crippen MR) is 91.5 cm³/mol. The molecule has 2 N–H and O–H groups in total. The van der Waals surface area contributed by atoms with E-state index in [1.54, 1.807) is 0 Å². The number of halogens is 1. The molecule has 1 aromatic carbocycles. The van der Waals surface area contributed by atoms with Gasteiger partial charge in [-0.15, -0.1) is 12.4 Å². The van der Waals surface area contributed by atoms with Gasteiger partial charge in [-0.25, -0.2) is 0 Å². The number of hydrogen-bond acceptors (Lipinski definition) is 3. The Morgan fingerprint density at radius 3 is 2.86 bits per heavy atom. The van der Waals surface area contributed by atoms with Crippen molar-refractivity contribution in [2.24, 2.45) is 11.8 Å². The molecule has 1 amide bonds. The number of amides is 1. The zero-order chi connectivity index (χ0) is 15.1. The van der Waals surface area contributed by atoms with Gasteiger partial charge >= 0.3 is 0 Å². The summed E-state index contributed by atoms with van der Waals surface area (Å²) in [5, 5.41) is 6.31. The van der Waals surface area contributed by atoms with Gasteiger partial charge in [-0.05, 0) is 31.4 Å². The van der Waals surface area contributed by atoms with Gasteiger partial charge in [0.15, 0.2) is 0 Å². The summed E-state index contributed by atoms with van der Waals surface area (Å²) >= 11 is 0. The van der Waals surface area contributed by atoms with Crippen LogP contribution >= 0.6 is 12.4 Å². The molecule has 1 aliphatic rings. The minimum atomic E-state index is 0. The summed E-state index contributed by atoms with van der Waals surface area (Å²) in [5.41, 5.74) is 1.04. The molecular weight excluding hydrogens is 300 g/mol. The molecule has 1 heterocycles. The Labute approximate surface area is 139 Å². The van der Waals surface area contributed by atoms with Crippen LogP contribution in [0.4, 0.5) is 0 Å². The highest BCUT2D eigenvalue weighted by Gasteiger charge is 2.20. The smallest absolute Gasteiger partial charge is 0.224 e. The molecular formula is C17H27ClN2O2. The third-order valence-electron chi connectivity index (χ3n) is 3.67. The van der Waals surface area contributed by atoms with Crippen LogP contribution in [0.25, 0.3) is 0 Å². The number of carbonyl (C=O) groups excluding carboxylic acids is 1. The Morgan fingerprint density at radius 2 is 2.18 bits per heavy atom. The summed E-state index contributed by atoms with van der Waals surface area (Å²) in [7, 11) is 0. The molecule has 1 unspecified atom stereocenters. The van der Waals surface area contributed by atoms with Crippen molar-refractivity contribution in [3.63, 3.8) is 0 Å². The molecule has 124 valence electrons. The van der Waals surface area contributed by atoms with Crippen molar-refractivity contribution in [3.8, 4) is 5.75 Å². The average molecular weight is 327 g/mol. The van der Waals surface area contributed by atoms with Crippen molar-refractivity contribution in [1.29, 1.82) is 0 Å². The van der Waals surface area contributed by atoms with Crippen molar-refractivity contribution < 1.29 is 9.53 Å². The fraction of sp³-hybridized carbons (Fsp3) is 0.588. The number of benzene rings is 1. The van der Waals surface area contributed by atoms with Crippen molar-refractivity contribution in [3.05, 3.63) is 29.8 Å². The van der Waals surface area contributed by atoms with Crippen molar-refractivity contribution in [2.45, 2.75) is 33.2 Å². The third kappa shape index (κ3) is 5.85. The molecule has 0 aromatic heterocycles. The lowest BCUT2D eigenvalue weighted by Gasteiger charge is -2.22. The first kappa shape index (κ1) is 18.8. The van der Waals surface area contributed by atoms with Crippen LogP contribution in [0.2, 0.25) is 0 Å². The molecule has 0 aliphatic carbocycles. The van der Waals surface area contributed by atoms with E-state index in [2.05, 4.69) is 24.5 Å². The van der Waals surface area contributed by atoms with E-state index in [9.17, 15) is 4.79 Å². The maximum Gasteiger partial charge on any atom is 0.224 e. The quantitative estimate of drug-likeness (QED) is 0.845. The Kier molecular flexibility index (Phi) is 8.28. The van der Waals surface area contributed by atoms with Gasteiger partial charge in [-0.2, -0.15) is 0 Å². The van der Waals surface area contributed by atoms with E-state index in [1.165, 1.54) is 0 Å². The lowest BCUT2D eigenvalue weighted by molar-refractivity contribution is -0.125. The van der Waals surface area contributed by atoms with Gasteiger partial charge in [-0.3, -0.25) is 4.79 Å². The van der Waals surface area contributed by atoms with E-state index < -0.39 is 0 Å². The van der Waals surface area contributed by atoms with E-state index in [0.29, 0.717) is 19.1 Å². The number of para-hydroxylation sites is 1. The maximum atomic E-state index is 12.2. The summed E-state index contributed by atoms with van der Waals surface area (Å²) in [5.74, 6) is 1.59. The van der Waals surface area contributed by atoms with Crippen LogP contribution in [-0.2, 0) is 11.3 Å². The maximum absolute atomic E-state index is 12.2. The van der Waals surface area contributed by atoms with Crippen LogP contribution < -0.4 is 15.4 Å². The molecule has 0 saturated carbocycles. The highest BCUT2D eigenvalue weighted by Crippen LogP contribution is 2.19. The largest absolute Gasteiger partial charge is 0.493 e. The highest BCUT2D eigenvalue weighted by molar-refractivity contribution is 5.85. The summed E-state index contributed by atoms with van der Waals surface area (Å²) in [6, 6.07) is 7.92. The number of nitrogens with one attached hydrogen (secondary N) is 2. The van der Waals surface area contributed by atoms with Gasteiger partial charge in [0.25, 0.3) is 0 Å². The van der Waals surface area contributed by atoms with Crippen molar-refractivity contribution >= 4 is 18.3 Å². The van der Waals surface area contributed by atoms with Crippen molar-refractivity contribution in [2.75, 3.05) is 19.7 Å². The molecule has 5 heteroatoms. The highest BCUT2D eigenvalue weighted by atomic mass is 35.5. The van der Waals surface area contributed by atoms with Crippen molar-refractivity contribution in [1.82, 2.24) is 10.6 Å². The fourth-order valence-electron chi connectivity index (χ4n) is 2.45. The number of carbonyl (C=O) groups is 1. The monoisotopic (exact) mass is 326 g/mol. The first-order valence-corrected chi connectivity index (χ1v) is 7.86. The molecule has 0 bridgehead atoms. The molecule has 1 fully saturated rings. The van der Waals surface area contributed by atoms with Gasteiger partial charge in [-0.1, -0.05) is 32.0 Å². The van der Waals surface area contributed by atoms with E-state index >= 15 is 0 Å². The van der Waals surface area contributed by atoms with Crippen LogP contribution in [0.1, 0.15) is 32.3 Å². The molecule has 22 heavy (non-hydrogen) atoms. The van der Waals surface area contributed by atoms with Crippen LogP contribution in [0, 0.1) is 11.8 Å². The minimum absolute atomic E-state index is 0. The van der Waals surface area contributed by atoms with Gasteiger partial charge in [0.1, 0.15) is 5.75 Å². The molecule has 1 aliphatic heterocycles. The zero-order valence-corrected chi connectivity index (χ0v) is 14.2. The normalized spacial score (nSPS) is 17.7. The Bertz CT molecular complexity index is 460. The van der Waals surface area contributed by atoms with E-state index in [0.717, 1.165) is 37.2 Å². The average Bonchev–Trinajstić information content (AvgIpc) is 2.52. The standard InChI is InChI=1S/C17H26N2O2.ClH/c1-13(2)12-21-16-8-4-3-6-14(16)11-19-17(20)15-7-5-9-18-10-15;/h3-4,6,8,13,15,18H,5,7,9-12H2,1-2H3,(H,19,20);1H. The van der Waals surface area contributed by atoms with Gasteiger partial charge in [0.05, 0.1) is 12.5 Å². The van der Waals surface area contributed by atoms with Crippen LogP contribution in [0.3, 0.4) is 0 Å². The number of piperidine rings is 1. The molecule has 0 spiro atoms. The molecule has 1 atom stereocenters. The topological polar surface area (TPSA) is 50.4 Å². The molecule has 1 aromatic rings. The van der Waals surface area contributed by atoms with Gasteiger partial charge < -0.3 is 15.4 Å². The summed E-state index contributed by atoms with van der Waals surface area (Å²) < 4.78 is 5.81. The van der Waals surface area contributed by atoms with E-state index in [4.69, 9.17) is 4.74 Å². The lowest BCUT2D eigenvalue weighted by atomic mass is 9.99. The Hall–Kier alpha value is -1.26. The second-order valence-electron chi connectivity index (χ2n) is 6.07. The first-order chi connectivity index (χ1) is 10.2. The van der Waals surface area contributed by atoms with Crippen LogP contribution in [0.15, 0.2) is 24.3 Å². The third-order valence-corrected chi connectivity index (χ3v) is 3.67. The number of ether oxygens (including phenoxy) is 1. The summed E-state index contributed by atoms with van der Waals surface area (Å²) in [4.78, 5) is 12.2. The molecule has 4 nitrogen and oxygen atoms in total. The van der Waals surface area contributed by atoms with Crippen LogP contribution in [0.5, 0.6) is 5.75 Å². The molecule has 0 radical (unpaired) electrons. The zero-order valence-electron chi connectivity index (χ0n) is 13.4. The molecule has 1 saturated heterocycles. The summed E-state index contributed by atoms with van der Waals surface area (Å²) in [6.45, 7) is 7.29. The van der Waals surface area contributed by atoms with E-state index in [1.807, 2.05) is 24.3 Å². The van der Waals surface area contributed by atoms with Gasteiger partial charge in [0, 0.05) is 18.7 Å². The van der Waals surface area contributed by atoms with E-state index in [-0.39, 0.29) is 24.2 Å². The minimum Gasteiger partial charge on any atom is -0.493 e. The Morgan fingerprint density at radius 1 is 1.41 bits per heavy atom. The number of rotatable bonds is 6. The lowest BCUT2D eigenvalue weighted by Crippen LogP contribution is -2.40. The second-order valence-corrected chi connectivity index (χ2v) is 6.07. The fourth-order valence-corrected chi connectivity index (χ4v) is 2.45. The Balaban J connectivity index is 0.00000242. The number of hydrogen-bond donors (Lipinski definition) is 2.